The first kappa shape index (κ1) is 15.6. The van der Waals surface area contributed by atoms with Crippen LogP contribution in [0.5, 0.6) is 0 Å². The maximum atomic E-state index is 10.7. The van der Waals surface area contributed by atoms with Gasteiger partial charge in [0.15, 0.2) is 0 Å². The molecule has 0 aliphatic rings. The molecular formula is C12H24O4. The van der Waals surface area contributed by atoms with Crippen molar-refractivity contribution < 1.29 is 20.1 Å². The van der Waals surface area contributed by atoms with Gasteiger partial charge in [-0.3, -0.25) is 0 Å². The largest absolute Gasteiger partial charge is 0.396 e. The topological polar surface area (TPSA) is 77.8 Å². The quantitative estimate of drug-likeness (QED) is 0.489. The van der Waals surface area contributed by atoms with Gasteiger partial charge in [-0.15, -0.1) is 0 Å². The van der Waals surface area contributed by atoms with Crippen LogP contribution in [-0.4, -0.2) is 40.9 Å². The molecule has 0 aromatic rings. The number of Topliss-reactive ketones (excluding diaryl/α,β-unsaturated/α-hetero) is 1. The Kier molecular flexibility index (Phi) is 8.43. The molecule has 0 aromatic carbocycles. The van der Waals surface area contributed by atoms with E-state index in [0.717, 1.165) is 25.7 Å². The van der Waals surface area contributed by atoms with Crippen molar-refractivity contribution in [1.82, 2.24) is 0 Å². The number of ketones is 1. The first-order chi connectivity index (χ1) is 7.60. The first-order valence-electron chi connectivity index (χ1n) is 5.92. The van der Waals surface area contributed by atoms with E-state index in [0.29, 0.717) is 12.8 Å². The Morgan fingerprint density at radius 3 is 1.88 bits per heavy atom. The zero-order valence-electron chi connectivity index (χ0n) is 10.1. The van der Waals surface area contributed by atoms with E-state index in [-0.39, 0.29) is 25.6 Å². The highest BCUT2D eigenvalue weighted by Crippen LogP contribution is 2.23. The molecule has 0 saturated heterocycles. The molecule has 96 valence electrons. The molecule has 0 aliphatic heterocycles. The summed E-state index contributed by atoms with van der Waals surface area (Å²) in [4.78, 5) is 10.7. The van der Waals surface area contributed by atoms with E-state index >= 15 is 0 Å². The van der Waals surface area contributed by atoms with E-state index < -0.39 is 5.41 Å². The van der Waals surface area contributed by atoms with Crippen molar-refractivity contribution in [3.8, 4) is 0 Å². The lowest BCUT2D eigenvalue weighted by Crippen LogP contribution is -2.33. The molecule has 0 spiro atoms. The fourth-order valence-electron chi connectivity index (χ4n) is 1.61. The molecule has 0 atom stereocenters. The standard InChI is InChI=1S/C12H24O4/c1-11(16)6-4-2-3-5-7-12(8-13,9-14)10-15/h13-15H,2-10H2,1H3. The van der Waals surface area contributed by atoms with Crippen molar-refractivity contribution in [2.75, 3.05) is 19.8 Å². The summed E-state index contributed by atoms with van der Waals surface area (Å²) in [5.74, 6) is 0.218. The molecule has 4 nitrogen and oxygen atoms in total. The highest BCUT2D eigenvalue weighted by molar-refractivity contribution is 5.75. The summed E-state index contributed by atoms with van der Waals surface area (Å²) >= 11 is 0. The number of hydrogen-bond acceptors (Lipinski definition) is 4. The zero-order valence-corrected chi connectivity index (χ0v) is 10.1. The smallest absolute Gasteiger partial charge is 0.129 e. The Morgan fingerprint density at radius 1 is 0.938 bits per heavy atom. The Morgan fingerprint density at radius 2 is 1.44 bits per heavy atom. The molecule has 4 heteroatoms. The number of unbranched alkanes of at least 4 members (excludes halogenated alkanes) is 3. The number of rotatable bonds is 10. The number of aliphatic hydroxyl groups excluding tert-OH is 3. The molecular weight excluding hydrogens is 208 g/mol. The molecule has 0 fully saturated rings. The molecule has 0 unspecified atom stereocenters. The second kappa shape index (κ2) is 8.67. The maximum Gasteiger partial charge on any atom is 0.129 e. The van der Waals surface area contributed by atoms with Gasteiger partial charge in [0, 0.05) is 11.8 Å². The molecule has 0 amide bonds. The van der Waals surface area contributed by atoms with Crippen LogP contribution < -0.4 is 0 Å². The summed E-state index contributed by atoms with van der Waals surface area (Å²) in [5, 5.41) is 27.3. The third kappa shape index (κ3) is 6.20. The average molecular weight is 232 g/mol. The van der Waals surface area contributed by atoms with Gasteiger partial charge in [-0.05, 0) is 19.8 Å². The van der Waals surface area contributed by atoms with Gasteiger partial charge in [0.05, 0.1) is 19.8 Å². The number of carbonyl (C=O) groups excluding carboxylic acids is 1. The van der Waals surface area contributed by atoms with Gasteiger partial charge in [0.25, 0.3) is 0 Å². The number of hydrogen-bond donors (Lipinski definition) is 3. The van der Waals surface area contributed by atoms with Crippen molar-refractivity contribution in [2.45, 2.75) is 45.4 Å². The minimum Gasteiger partial charge on any atom is -0.396 e. The van der Waals surface area contributed by atoms with Crippen LogP contribution in [0.15, 0.2) is 0 Å². The normalized spacial score (nSPS) is 11.8. The molecule has 0 radical (unpaired) electrons. The molecule has 0 bridgehead atoms. The Balaban J connectivity index is 3.59. The van der Waals surface area contributed by atoms with Crippen molar-refractivity contribution in [2.24, 2.45) is 5.41 Å². The van der Waals surface area contributed by atoms with Gasteiger partial charge < -0.3 is 20.1 Å². The first-order valence-corrected chi connectivity index (χ1v) is 5.92. The third-order valence-corrected chi connectivity index (χ3v) is 2.99. The van der Waals surface area contributed by atoms with Crippen LogP contribution in [0, 0.1) is 5.41 Å². The summed E-state index contributed by atoms with van der Waals surface area (Å²) < 4.78 is 0. The lowest BCUT2D eigenvalue weighted by molar-refractivity contribution is -0.117. The Bertz CT molecular complexity index is 179. The summed E-state index contributed by atoms with van der Waals surface area (Å²) in [5.41, 5.74) is -0.736. The van der Waals surface area contributed by atoms with Crippen molar-refractivity contribution in [1.29, 1.82) is 0 Å². The van der Waals surface area contributed by atoms with Crippen LogP contribution in [-0.2, 0) is 4.79 Å². The van der Waals surface area contributed by atoms with E-state index in [1.165, 1.54) is 0 Å². The van der Waals surface area contributed by atoms with Crippen LogP contribution >= 0.6 is 0 Å². The predicted octanol–water partition coefficient (Wildman–Crippen LogP) is 0.879. The van der Waals surface area contributed by atoms with Crippen LogP contribution in [0.1, 0.15) is 45.4 Å². The zero-order chi connectivity index (χ0) is 12.4. The van der Waals surface area contributed by atoms with E-state index in [2.05, 4.69) is 0 Å². The minimum atomic E-state index is -0.736. The molecule has 3 N–H and O–H groups in total. The van der Waals surface area contributed by atoms with Gasteiger partial charge in [-0.2, -0.15) is 0 Å². The van der Waals surface area contributed by atoms with E-state index in [1.54, 1.807) is 6.92 Å². The van der Waals surface area contributed by atoms with Crippen LogP contribution in [0.2, 0.25) is 0 Å². The van der Waals surface area contributed by atoms with Crippen molar-refractivity contribution in [3.05, 3.63) is 0 Å². The molecule has 0 rings (SSSR count). The lowest BCUT2D eigenvalue weighted by Gasteiger charge is -2.27. The summed E-state index contributed by atoms with van der Waals surface area (Å²) in [6.45, 7) is 1.03. The molecule has 0 saturated carbocycles. The average Bonchev–Trinajstić information content (AvgIpc) is 2.29. The van der Waals surface area contributed by atoms with Crippen LogP contribution in [0.25, 0.3) is 0 Å². The van der Waals surface area contributed by atoms with E-state index in [9.17, 15) is 4.79 Å². The van der Waals surface area contributed by atoms with Gasteiger partial charge in [-0.25, -0.2) is 0 Å². The predicted molar refractivity (Wildman–Crippen MR) is 62.1 cm³/mol. The lowest BCUT2D eigenvalue weighted by atomic mass is 9.85. The van der Waals surface area contributed by atoms with E-state index in [4.69, 9.17) is 15.3 Å². The van der Waals surface area contributed by atoms with Gasteiger partial charge in [0.1, 0.15) is 5.78 Å². The van der Waals surface area contributed by atoms with Gasteiger partial charge in [0.2, 0.25) is 0 Å². The highest BCUT2D eigenvalue weighted by Gasteiger charge is 2.26. The fraction of sp³-hybridized carbons (Fsp3) is 0.917. The monoisotopic (exact) mass is 232 g/mol. The van der Waals surface area contributed by atoms with Crippen molar-refractivity contribution in [3.63, 3.8) is 0 Å². The van der Waals surface area contributed by atoms with E-state index in [1.807, 2.05) is 0 Å². The maximum absolute atomic E-state index is 10.7. The summed E-state index contributed by atoms with van der Waals surface area (Å²) in [6, 6.07) is 0. The molecule has 0 aliphatic carbocycles. The van der Waals surface area contributed by atoms with Crippen LogP contribution in [0.4, 0.5) is 0 Å². The molecule has 0 heterocycles. The highest BCUT2D eigenvalue weighted by atomic mass is 16.3. The van der Waals surface area contributed by atoms with Gasteiger partial charge in [-0.1, -0.05) is 19.3 Å². The molecule has 16 heavy (non-hydrogen) atoms. The second-order valence-electron chi connectivity index (χ2n) is 4.59. The SMILES string of the molecule is CC(=O)CCCCCCC(CO)(CO)CO. The van der Waals surface area contributed by atoms with Gasteiger partial charge >= 0.3 is 0 Å². The number of aliphatic hydroxyl groups is 3. The summed E-state index contributed by atoms with van der Waals surface area (Å²) in [7, 11) is 0. The van der Waals surface area contributed by atoms with Crippen LogP contribution in [0.3, 0.4) is 0 Å². The third-order valence-electron chi connectivity index (χ3n) is 2.99. The fourth-order valence-corrected chi connectivity index (χ4v) is 1.61. The minimum absolute atomic E-state index is 0.187. The number of carbonyl (C=O) groups is 1. The summed E-state index contributed by atoms with van der Waals surface area (Å²) in [6.07, 6.45) is 4.97. The second-order valence-corrected chi connectivity index (χ2v) is 4.59. The van der Waals surface area contributed by atoms with Crippen molar-refractivity contribution >= 4 is 5.78 Å². The molecule has 0 aromatic heterocycles. The Hall–Kier alpha value is -0.450. The Labute approximate surface area is 97.3 Å².